The van der Waals surface area contributed by atoms with E-state index in [1.165, 1.54) is 12.3 Å². The van der Waals surface area contributed by atoms with Crippen LogP contribution in [0.1, 0.15) is 29.6 Å². The van der Waals surface area contributed by atoms with E-state index < -0.39 is 11.7 Å². The molecule has 5 nitrogen and oxygen atoms in total. The third kappa shape index (κ3) is 1.82. The molecule has 3 heterocycles. The summed E-state index contributed by atoms with van der Waals surface area (Å²) < 4.78 is 19.3. The summed E-state index contributed by atoms with van der Waals surface area (Å²) in [4.78, 5) is 15.5. The lowest BCUT2D eigenvalue weighted by atomic mass is 9.95. The van der Waals surface area contributed by atoms with Crippen molar-refractivity contribution >= 4 is 11.7 Å². The van der Waals surface area contributed by atoms with Gasteiger partial charge >= 0.3 is 0 Å². The highest BCUT2D eigenvalue weighted by atomic mass is 19.1. The fraction of sp³-hybridized carbons (Fsp3) is 0.500. The fourth-order valence-electron chi connectivity index (χ4n) is 2.67. The second-order valence-electron chi connectivity index (χ2n) is 4.75. The number of pyridine rings is 1. The Morgan fingerprint density at radius 3 is 3.06 bits per heavy atom. The van der Waals surface area contributed by atoms with Gasteiger partial charge in [-0.3, -0.25) is 4.79 Å². The number of carbonyl (C=O) groups excluding carboxylic acids is 1. The first-order chi connectivity index (χ1) is 8.65. The first-order valence-corrected chi connectivity index (χ1v) is 6.01. The summed E-state index contributed by atoms with van der Waals surface area (Å²) in [6.45, 7) is 0. The number of halogens is 1. The summed E-state index contributed by atoms with van der Waals surface area (Å²) in [5.41, 5.74) is 5.27. The van der Waals surface area contributed by atoms with Gasteiger partial charge in [0.15, 0.2) is 11.6 Å². The molecule has 1 amide bonds. The molecule has 3 N–H and O–H groups in total. The molecule has 96 valence electrons. The highest BCUT2D eigenvalue weighted by Crippen LogP contribution is 2.34. The van der Waals surface area contributed by atoms with Crippen LogP contribution < -0.4 is 11.1 Å². The second-order valence-corrected chi connectivity index (χ2v) is 4.75. The molecule has 1 aromatic rings. The standard InChI is InChI=1S/C12H14FN3O2/c13-10-7(3-4-15-11(10)14)12(17)16-8-5-6-1-2-9(8)18-6/h3-4,6,8-9H,1-2,5H2,(H2,14,15)(H,16,17). The van der Waals surface area contributed by atoms with Gasteiger partial charge in [0.2, 0.25) is 0 Å². The number of hydrogen-bond donors (Lipinski definition) is 2. The molecule has 3 unspecified atom stereocenters. The lowest BCUT2D eigenvalue weighted by Gasteiger charge is -2.20. The monoisotopic (exact) mass is 251 g/mol. The molecule has 0 aliphatic carbocycles. The van der Waals surface area contributed by atoms with Crippen LogP contribution in [0.15, 0.2) is 12.3 Å². The van der Waals surface area contributed by atoms with Crippen molar-refractivity contribution in [2.75, 3.05) is 5.73 Å². The number of nitrogens with two attached hydrogens (primary N) is 1. The Bertz CT molecular complexity index is 494. The lowest BCUT2D eigenvalue weighted by molar-refractivity contribution is 0.0838. The maximum Gasteiger partial charge on any atom is 0.254 e. The number of fused-ring (bicyclic) bond motifs is 2. The number of ether oxygens (including phenoxy) is 1. The molecule has 3 rings (SSSR count). The van der Waals surface area contributed by atoms with Crippen molar-refractivity contribution in [2.24, 2.45) is 0 Å². The highest BCUT2D eigenvalue weighted by Gasteiger charge is 2.41. The van der Waals surface area contributed by atoms with Crippen molar-refractivity contribution in [3.05, 3.63) is 23.6 Å². The fourth-order valence-corrected chi connectivity index (χ4v) is 2.67. The Labute approximate surface area is 104 Å². The Hall–Kier alpha value is -1.69. The van der Waals surface area contributed by atoms with Gasteiger partial charge in [0.25, 0.3) is 5.91 Å². The second kappa shape index (κ2) is 4.20. The van der Waals surface area contributed by atoms with Crippen LogP contribution in [0.4, 0.5) is 10.2 Å². The van der Waals surface area contributed by atoms with Gasteiger partial charge in [-0.1, -0.05) is 0 Å². The zero-order valence-electron chi connectivity index (χ0n) is 9.73. The first kappa shape index (κ1) is 11.4. The number of amides is 1. The average Bonchev–Trinajstić information content (AvgIpc) is 2.94. The minimum absolute atomic E-state index is 0.0231. The van der Waals surface area contributed by atoms with Crippen molar-refractivity contribution in [1.82, 2.24) is 10.3 Å². The average molecular weight is 251 g/mol. The van der Waals surface area contributed by atoms with Crippen LogP contribution in [0.3, 0.4) is 0 Å². The first-order valence-electron chi connectivity index (χ1n) is 6.01. The van der Waals surface area contributed by atoms with Crippen molar-refractivity contribution in [2.45, 2.75) is 37.5 Å². The largest absolute Gasteiger partial charge is 0.381 e. The molecule has 18 heavy (non-hydrogen) atoms. The molecule has 0 saturated carbocycles. The molecule has 0 aromatic carbocycles. The number of hydrogen-bond acceptors (Lipinski definition) is 4. The smallest absolute Gasteiger partial charge is 0.254 e. The molecular weight excluding hydrogens is 237 g/mol. The van der Waals surface area contributed by atoms with Gasteiger partial charge in [-0.05, 0) is 25.3 Å². The molecule has 2 bridgehead atoms. The summed E-state index contributed by atoms with van der Waals surface area (Å²) in [5.74, 6) is -1.48. The van der Waals surface area contributed by atoms with Gasteiger partial charge in [0, 0.05) is 6.20 Å². The van der Waals surface area contributed by atoms with Gasteiger partial charge in [-0.25, -0.2) is 9.37 Å². The topological polar surface area (TPSA) is 77.2 Å². The van der Waals surface area contributed by atoms with Gasteiger partial charge in [-0.15, -0.1) is 0 Å². The lowest BCUT2D eigenvalue weighted by Crippen LogP contribution is -2.41. The molecular formula is C12H14FN3O2. The highest BCUT2D eigenvalue weighted by molar-refractivity contribution is 5.95. The van der Waals surface area contributed by atoms with E-state index in [-0.39, 0.29) is 29.6 Å². The van der Waals surface area contributed by atoms with Crippen molar-refractivity contribution in [1.29, 1.82) is 0 Å². The van der Waals surface area contributed by atoms with E-state index in [4.69, 9.17) is 10.5 Å². The molecule has 6 heteroatoms. The predicted molar refractivity (Wildman–Crippen MR) is 62.4 cm³/mol. The van der Waals surface area contributed by atoms with Gasteiger partial charge in [-0.2, -0.15) is 0 Å². The Morgan fingerprint density at radius 2 is 2.39 bits per heavy atom. The van der Waals surface area contributed by atoms with Gasteiger partial charge in [0.1, 0.15) is 0 Å². The van der Waals surface area contributed by atoms with Gasteiger partial charge < -0.3 is 15.8 Å². The van der Waals surface area contributed by atoms with E-state index in [1.807, 2.05) is 0 Å². The minimum Gasteiger partial charge on any atom is -0.381 e. The molecule has 1 aromatic heterocycles. The van der Waals surface area contributed by atoms with E-state index in [9.17, 15) is 9.18 Å². The minimum atomic E-state index is -0.765. The van der Waals surface area contributed by atoms with Crippen LogP contribution in [-0.4, -0.2) is 29.1 Å². The molecule has 0 radical (unpaired) electrons. The Balaban J connectivity index is 1.73. The molecule has 3 atom stereocenters. The molecule has 2 fully saturated rings. The number of anilines is 1. The van der Waals surface area contributed by atoms with Crippen LogP contribution >= 0.6 is 0 Å². The zero-order valence-corrected chi connectivity index (χ0v) is 9.73. The van der Waals surface area contributed by atoms with Crippen molar-refractivity contribution in [3.63, 3.8) is 0 Å². The van der Waals surface area contributed by atoms with Crippen molar-refractivity contribution < 1.29 is 13.9 Å². The van der Waals surface area contributed by atoms with Gasteiger partial charge in [0.05, 0.1) is 23.8 Å². The Morgan fingerprint density at radius 1 is 1.56 bits per heavy atom. The Kier molecular flexibility index (Phi) is 2.66. The normalized spacial score (nSPS) is 29.5. The SMILES string of the molecule is Nc1nccc(C(=O)NC2CC3CCC2O3)c1F. The third-order valence-electron chi connectivity index (χ3n) is 3.58. The zero-order chi connectivity index (χ0) is 12.7. The number of nitrogens with zero attached hydrogens (tertiary/aromatic N) is 1. The van der Waals surface area contributed by atoms with E-state index in [0.29, 0.717) is 0 Å². The number of carbonyl (C=O) groups is 1. The summed E-state index contributed by atoms with van der Waals surface area (Å²) in [6.07, 6.45) is 4.45. The summed E-state index contributed by atoms with van der Waals surface area (Å²) in [7, 11) is 0. The number of rotatable bonds is 2. The van der Waals surface area contributed by atoms with E-state index in [1.54, 1.807) is 0 Å². The quantitative estimate of drug-likeness (QED) is 0.817. The van der Waals surface area contributed by atoms with Crippen LogP contribution in [0, 0.1) is 5.82 Å². The molecule has 2 aliphatic rings. The number of nitrogens with one attached hydrogen (secondary N) is 1. The maximum atomic E-state index is 13.6. The van der Waals surface area contributed by atoms with Crippen LogP contribution in [0.5, 0.6) is 0 Å². The van der Waals surface area contributed by atoms with Crippen molar-refractivity contribution in [3.8, 4) is 0 Å². The van der Waals surface area contributed by atoms with E-state index in [0.717, 1.165) is 19.3 Å². The third-order valence-corrected chi connectivity index (χ3v) is 3.58. The summed E-state index contributed by atoms with van der Waals surface area (Å²) in [5, 5.41) is 2.81. The number of aromatic nitrogens is 1. The predicted octanol–water partition coefficient (Wildman–Crippen LogP) is 0.853. The van der Waals surface area contributed by atoms with Crippen LogP contribution in [0.25, 0.3) is 0 Å². The number of nitrogen functional groups attached to an aromatic ring is 1. The summed E-state index contributed by atoms with van der Waals surface area (Å²) in [6, 6.07) is 1.31. The van der Waals surface area contributed by atoms with Crippen LogP contribution in [0.2, 0.25) is 0 Å². The summed E-state index contributed by atoms with van der Waals surface area (Å²) >= 11 is 0. The molecule has 0 spiro atoms. The molecule has 2 aliphatic heterocycles. The van der Waals surface area contributed by atoms with E-state index in [2.05, 4.69) is 10.3 Å². The van der Waals surface area contributed by atoms with Crippen LogP contribution in [-0.2, 0) is 4.74 Å². The van der Waals surface area contributed by atoms with E-state index >= 15 is 0 Å². The maximum absolute atomic E-state index is 13.6. The molecule has 2 saturated heterocycles.